The summed E-state index contributed by atoms with van der Waals surface area (Å²) < 4.78 is 47.7. The van der Waals surface area contributed by atoms with E-state index in [4.69, 9.17) is 4.74 Å². The zero-order chi connectivity index (χ0) is 22.2. The van der Waals surface area contributed by atoms with Crippen LogP contribution in [0.3, 0.4) is 0 Å². The molecule has 0 atom stereocenters. The highest BCUT2D eigenvalue weighted by molar-refractivity contribution is 7.91. The number of pyridine rings is 1. The Morgan fingerprint density at radius 2 is 1.71 bits per heavy atom. The predicted octanol–water partition coefficient (Wildman–Crippen LogP) is 4.34. The Morgan fingerprint density at radius 1 is 1.00 bits per heavy atom. The molecular weight excluding hydrogens is 417 g/mol. The van der Waals surface area contributed by atoms with Crippen molar-refractivity contribution in [3.8, 4) is 5.75 Å². The molecule has 1 heterocycles. The van der Waals surface area contributed by atoms with Crippen LogP contribution in [0.15, 0.2) is 87.5 Å². The lowest BCUT2D eigenvalue weighted by Gasteiger charge is -2.15. The fraction of sp³-hybridized carbons (Fsp3) is 0.125. The highest BCUT2D eigenvalue weighted by Gasteiger charge is 2.24. The van der Waals surface area contributed by atoms with Crippen molar-refractivity contribution < 1.29 is 17.5 Å². The Hall–Kier alpha value is -3.45. The number of aryl methyl sites for hydroxylation is 1. The minimum absolute atomic E-state index is 0.0230. The van der Waals surface area contributed by atoms with E-state index in [9.17, 15) is 17.6 Å². The molecule has 5 nitrogen and oxygen atoms in total. The van der Waals surface area contributed by atoms with Crippen LogP contribution < -0.4 is 10.2 Å². The predicted molar refractivity (Wildman–Crippen MR) is 117 cm³/mol. The number of aromatic nitrogens is 1. The average Bonchev–Trinajstić information content (AvgIpc) is 2.77. The first-order chi connectivity index (χ1) is 14.8. The molecule has 158 valence electrons. The first-order valence-corrected chi connectivity index (χ1v) is 11.1. The number of halogens is 1. The molecule has 0 aliphatic rings. The van der Waals surface area contributed by atoms with Gasteiger partial charge in [0, 0.05) is 11.8 Å². The number of sulfone groups is 1. The zero-order valence-electron chi connectivity index (χ0n) is 17.0. The molecule has 7 heteroatoms. The summed E-state index contributed by atoms with van der Waals surface area (Å²) in [6.07, 6.45) is 1.29. The van der Waals surface area contributed by atoms with Crippen LogP contribution in [0.5, 0.6) is 5.75 Å². The van der Waals surface area contributed by atoms with Crippen molar-refractivity contribution in [2.24, 2.45) is 0 Å². The van der Waals surface area contributed by atoms with Gasteiger partial charge in [0.2, 0.25) is 15.3 Å². The van der Waals surface area contributed by atoms with E-state index >= 15 is 0 Å². The van der Waals surface area contributed by atoms with E-state index in [0.717, 1.165) is 5.56 Å². The van der Waals surface area contributed by atoms with Crippen LogP contribution >= 0.6 is 0 Å². The Kier molecular flexibility index (Phi) is 5.37. The topological polar surface area (TPSA) is 65.4 Å². The van der Waals surface area contributed by atoms with Crippen LogP contribution in [-0.4, -0.2) is 20.1 Å². The molecule has 0 unspecified atom stereocenters. The van der Waals surface area contributed by atoms with Crippen LogP contribution in [-0.2, 0) is 16.4 Å². The van der Waals surface area contributed by atoms with Crippen molar-refractivity contribution in [2.75, 3.05) is 7.11 Å². The summed E-state index contributed by atoms with van der Waals surface area (Å²) in [5.74, 6) is 0.0118. The molecule has 0 amide bonds. The third kappa shape index (κ3) is 3.84. The molecule has 0 bridgehead atoms. The molecule has 3 aromatic carbocycles. The molecular formula is C24H20FNO4S. The van der Waals surface area contributed by atoms with Gasteiger partial charge >= 0.3 is 0 Å². The first kappa shape index (κ1) is 20.8. The summed E-state index contributed by atoms with van der Waals surface area (Å²) in [7, 11) is -2.63. The van der Waals surface area contributed by atoms with E-state index in [1.165, 1.54) is 37.6 Å². The quantitative estimate of drug-likeness (QED) is 0.466. The third-order valence-corrected chi connectivity index (χ3v) is 6.94. The van der Waals surface area contributed by atoms with Gasteiger partial charge in [-0.2, -0.15) is 0 Å². The van der Waals surface area contributed by atoms with Crippen molar-refractivity contribution >= 4 is 20.7 Å². The van der Waals surface area contributed by atoms with E-state index in [0.29, 0.717) is 16.8 Å². The van der Waals surface area contributed by atoms with E-state index < -0.39 is 21.1 Å². The summed E-state index contributed by atoms with van der Waals surface area (Å²) in [4.78, 5) is 12.9. The Morgan fingerprint density at radius 3 is 2.39 bits per heavy atom. The molecule has 0 saturated carbocycles. The molecule has 4 aromatic rings. The van der Waals surface area contributed by atoms with E-state index in [1.807, 2.05) is 6.92 Å². The second-order valence-electron chi connectivity index (χ2n) is 7.24. The lowest BCUT2D eigenvalue weighted by atomic mass is 10.1. The van der Waals surface area contributed by atoms with Crippen molar-refractivity contribution in [3.63, 3.8) is 0 Å². The molecule has 0 aliphatic carbocycles. The lowest BCUT2D eigenvalue weighted by Crippen LogP contribution is -2.20. The molecule has 0 radical (unpaired) electrons. The van der Waals surface area contributed by atoms with Gasteiger partial charge in [-0.3, -0.25) is 4.79 Å². The fourth-order valence-corrected chi connectivity index (χ4v) is 4.82. The van der Waals surface area contributed by atoms with Gasteiger partial charge in [0.1, 0.15) is 16.5 Å². The van der Waals surface area contributed by atoms with Gasteiger partial charge in [-0.25, -0.2) is 12.8 Å². The van der Waals surface area contributed by atoms with Crippen LogP contribution in [0.2, 0.25) is 0 Å². The average molecular weight is 437 g/mol. The Balaban J connectivity index is 1.99. The van der Waals surface area contributed by atoms with Gasteiger partial charge in [-0.15, -0.1) is 0 Å². The number of hydrogen-bond donors (Lipinski definition) is 0. The van der Waals surface area contributed by atoms with E-state index in [-0.39, 0.29) is 21.7 Å². The zero-order valence-corrected chi connectivity index (χ0v) is 17.8. The van der Waals surface area contributed by atoms with Gasteiger partial charge in [-0.05, 0) is 43.3 Å². The van der Waals surface area contributed by atoms with E-state index in [2.05, 4.69) is 0 Å². The van der Waals surface area contributed by atoms with Crippen LogP contribution in [0.25, 0.3) is 10.9 Å². The largest absolute Gasteiger partial charge is 0.497 e. The van der Waals surface area contributed by atoms with Gasteiger partial charge in [0.25, 0.3) is 0 Å². The third-order valence-electron chi connectivity index (χ3n) is 5.17. The Labute approximate surface area is 179 Å². The van der Waals surface area contributed by atoms with E-state index in [1.54, 1.807) is 47.0 Å². The standard InChI is InChI=1S/C24H20FNO4S/c1-16-7-10-19(11-8-16)31(28,29)23-15-26(14-17-5-3-4-6-21(17)25)22-12-9-18(30-2)13-20(22)24(23)27/h3-13,15H,14H2,1-2H3. The number of rotatable bonds is 5. The number of methoxy groups -OCH3 is 1. The van der Waals surface area contributed by atoms with Crippen molar-refractivity contribution in [1.29, 1.82) is 0 Å². The maximum absolute atomic E-state index is 14.3. The molecule has 0 N–H and O–H groups in total. The monoisotopic (exact) mass is 437 g/mol. The van der Waals surface area contributed by atoms with Crippen molar-refractivity contribution in [1.82, 2.24) is 4.57 Å². The van der Waals surface area contributed by atoms with Crippen molar-refractivity contribution in [2.45, 2.75) is 23.3 Å². The van der Waals surface area contributed by atoms with Gasteiger partial charge < -0.3 is 9.30 Å². The molecule has 0 saturated heterocycles. The first-order valence-electron chi connectivity index (χ1n) is 9.57. The summed E-state index contributed by atoms with van der Waals surface area (Å²) in [6.45, 7) is 1.91. The molecule has 0 aliphatic heterocycles. The summed E-state index contributed by atoms with van der Waals surface area (Å²) in [5, 5.41) is 0.184. The highest BCUT2D eigenvalue weighted by atomic mass is 32.2. The lowest BCUT2D eigenvalue weighted by molar-refractivity contribution is 0.415. The number of ether oxygens (including phenoxy) is 1. The smallest absolute Gasteiger partial charge is 0.211 e. The summed E-state index contributed by atoms with van der Waals surface area (Å²) >= 11 is 0. The van der Waals surface area contributed by atoms with Gasteiger partial charge in [0.15, 0.2) is 0 Å². The number of nitrogens with zero attached hydrogens (tertiary/aromatic N) is 1. The SMILES string of the molecule is COc1ccc2c(c1)c(=O)c(S(=O)(=O)c1ccc(C)cc1)cn2Cc1ccccc1F. The van der Waals surface area contributed by atoms with Crippen LogP contribution in [0, 0.1) is 12.7 Å². The summed E-state index contributed by atoms with van der Waals surface area (Å²) in [5.41, 5.74) is 1.14. The second-order valence-corrected chi connectivity index (χ2v) is 9.16. The maximum Gasteiger partial charge on any atom is 0.211 e. The fourth-order valence-electron chi connectivity index (χ4n) is 3.45. The molecule has 0 fully saturated rings. The minimum Gasteiger partial charge on any atom is -0.497 e. The molecule has 1 aromatic heterocycles. The molecule has 0 spiro atoms. The normalized spacial score (nSPS) is 11.6. The van der Waals surface area contributed by atoms with Crippen LogP contribution in [0.1, 0.15) is 11.1 Å². The second kappa shape index (κ2) is 8.00. The number of fused-ring (bicyclic) bond motifs is 1. The molecule has 31 heavy (non-hydrogen) atoms. The number of hydrogen-bond acceptors (Lipinski definition) is 4. The summed E-state index contributed by atoms with van der Waals surface area (Å²) in [6, 6.07) is 17.4. The Bertz CT molecular complexity index is 1440. The van der Waals surface area contributed by atoms with Crippen molar-refractivity contribution in [3.05, 3.63) is 100 Å². The highest BCUT2D eigenvalue weighted by Crippen LogP contribution is 2.25. The van der Waals surface area contributed by atoms with Gasteiger partial charge in [0.05, 0.1) is 29.5 Å². The number of benzene rings is 3. The van der Waals surface area contributed by atoms with Crippen LogP contribution in [0.4, 0.5) is 4.39 Å². The minimum atomic E-state index is -4.09. The van der Waals surface area contributed by atoms with Gasteiger partial charge in [-0.1, -0.05) is 35.9 Å². The molecule has 4 rings (SSSR count). The maximum atomic E-state index is 14.3.